The lowest BCUT2D eigenvalue weighted by Crippen LogP contribution is -2.37. The molecule has 0 aliphatic rings. The van der Waals surface area contributed by atoms with Crippen LogP contribution in [0.5, 0.6) is 0 Å². The molecule has 0 unspecified atom stereocenters. The van der Waals surface area contributed by atoms with E-state index in [1.165, 1.54) is 0 Å². The molecule has 0 radical (unpaired) electrons. The molecule has 6 heteroatoms. The van der Waals surface area contributed by atoms with Gasteiger partial charge in [-0.3, -0.25) is 4.79 Å². The number of hydrogen-bond donors (Lipinski definition) is 4. The van der Waals surface area contributed by atoms with Gasteiger partial charge in [0.25, 0.3) is 5.91 Å². The zero-order chi connectivity index (χ0) is 15.0. The second-order valence-corrected chi connectivity index (χ2v) is 4.04. The topological polar surface area (TPSA) is 104 Å². The second-order valence-electron chi connectivity index (χ2n) is 4.04. The molecule has 0 bridgehead atoms. The van der Waals surface area contributed by atoms with Crippen LogP contribution in [0.1, 0.15) is 21.5 Å². The Morgan fingerprint density at radius 2 is 2.00 bits per heavy atom. The number of aryl methyl sites for hydroxylation is 1. The highest BCUT2D eigenvalue weighted by Gasteiger charge is 2.06. The summed E-state index contributed by atoms with van der Waals surface area (Å²) in [4.78, 5) is 22.3. The molecule has 6 nitrogen and oxygen atoms in total. The van der Waals surface area contributed by atoms with Crippen LogP contribution in [0.4, 0.5) is 4.79 Å². The minimum Gasteiger partial charge on any atom is -0.384 e. The van der Waals surface area contributed by atoms with E-state index in [0.717, 1.165) is 5.56 Å². The average Bonchev–Trinajstić information content (AvgIpc) is 2.42. The number of aliphatic hydroxyl groups is 1. The summed E-state index contributed by atoms with van der Waals surface area (Å²) >= 11 is 0. The third-order valence-corrected chi connectivity index (χ3v) is 2.51. The van der Waals surface area contributed by atoms with Crippen molar-refractivity contribution in [2.75, 3.05) is 19.7 Å². The first-order chi connectivity index (χ1) is 9.54. The molecule has 0 saturated heterocycles. The number of aliphatic hydroxyl groups excluding tert-OH is 1. The first kappa shape index (κ1) is 15.5. The number of urea groups is 1. The van der Waals surface area contributed by atoms with E-state index in [2.05, 4.69) is 22.5 Å². The van der Waals surface area contributed by atoms with Gasteiger partial charge in [-0.1, -0.05) is 17.9 Å². The van der Waals surface area contributed by atoms with Gasteiger partial charge in [-0.15, -0.1) is 0 Å². The number of carbonyl (C=O) groups is 2. The fraction of sp³-hybridized carbons (Fsp3) is 0.286. The van der Waals surface area contributed by atoms with E-state index in [1.807, 2.05) is 6.92 Å². The van der Waals surface area contributed by atoms with Crippen LogP contribution in [0.15, 0.2) is 18.2 Å². The van der Waals surface area contributed by atoms with Crippen molar-refractivity contribution in [2.45, 2.75) is 6.92 Å². The molecular formula is C14H17N3O3. The van der Waals surface area contributed by atoms with Gasteiger partial charge in [-0.25, -0.2) is 4.79 Å². The van der Waals surface area contributed by atoms with Gasteiger partial charge in [0.05, 0.1) is 0 Å². The molecule has 106 valence electrons. The second kappa shape index (κ2) is 7.81. The summed E-state index contributed by atoms with van der Waals surface area (Å²) in [5, 5.41) is 13.7. The lowest BCUT2D eigenvalue weighted by Gasteiger charge is -2.07. The molecule has 0 aliphatic carbocycles. The molecule has 0 saturated carbocycles. The van der Waals surface area contributed by atoms with Gasteiger partial charge in [-0.05, 0) is 24.6 Å². The highest BCUT2D eigenvalue weighted by atomic mass is 16.2. The molecule has 0 heterocycles. The van der Waals surface area contributed by atoms with Gasteiger partial charge in [0, 0.05) is 24.2 Å². The zero-order valence-corrected chi connectivity index (χ0v) is 11.2. The Morgan fingerprint density at radius 3 is 2.65 bits per heavy atom. The highest BCUT2D eigenvalue weighted by molar-refractivity contribution is 5.94. The van der Waals surface area contributed by atoms with E-state index in [1.54, 1.807) is 18.2 Å². The van der Waals surface area contributed by atoms with Gasteiger partial charge >= 0.3 is 6.03 Å². The third-order valence-electron chi connectivity index (χ3n) is 2.51. The Bertz CT molecular complexity index is 559. The van der Waals surface area contributed by atoms with Crippen molar-refractivity contribution < 1.29 is 14.7 Å². The predicted molar refractivity (Wildman–Crippen MR) is 75.1 cm³/mol. The van der Waals surface area contributed by atoms with E-state index in [9.17, 15) is 9.59 Å². The minimum atomic E-state index is -0.629. The number of nitrogens with two attached hydrogens (primary N) is 1. The van der Waals surface area contributed by atoms with E-state index in [-0.39, 0.29) is 25.6 Å². The standard InChI is InChI=1S/C14H17N3O3/c1-10-4-5-12(9-11(10)3-2-8-18)13(19)16-6-7-17-14(15)20/h4-5,9,18H,6-8H2,1H3,(H,16,19)(H3,15,17,20). The van der Waals surface area contributed by atoms with Crippen LogP contribution in [-0.2, 0) is 0 Å². The summed E-state index contributed by atoms with van der Waals surface area (Å²) in [5.74, 6) is 5.07. The Morgan fingerprint density at radius 1 is 1.30 bits per heavy atom. The van der Waals surface area contributed by atoms with Gasteiger partial charge in [0.1, 0.15) is 6.61 Å². The monoisotopic (exact) mass is 275 g/mol. The summed E-state index contributed by atoms with van der Waals surface area (Å²) < 4.78 is 0. The third kappa shape index (κ3) is 5.00. The SMILES string of the molecule is Cc1ccc(C(=O)NCCNC(N)=O)cc1C#CCO. The number of primary amides is 1. The number of benzene rings is 1. The largest absolute Gasteiger partial charge is 0.384 e. The summed E-state index contributed by atoms with van der Waals surface area (Å²) in [7, 11) is 0. The maximum absolute atomic E-state index is 11.9. The van der Waals surface area contributed by atoms with Gasteiger partial charge < -0.3 is 21.5 Å². The lowest BCUT2D eigenvalue weighted by atomic mass is 10.0. The van der Waals surface area contributed by atoms with Crippen molar-refractivity contribution in [3.05, 3.63) is 34.9 Å². The van der Waals surface area contributed by atoms with Crippen molar-refractivity contribution in [3.63, 3.8) is 0 Å². The molecule has 1 aromatic rings. The Labute approximate surface area is 117 Å². The lowest BCUT2D eigenvalue weighted by molar-refractivity contribution is 0.0954. The van der Waals surface area contributed by atoms with Crippen molar-refractivity contribution in [1.82, 2.24) is 10.6 Å². The molecule has 5 N–H and O–H groups in total. The van der Waals surface area contributed by atoms with E-state index < -0.39 is 6.03 Å². The number of amides is 3. The van der Waals surface area contributed by atoms with Gasteiger partial charge in [-0.2, -0.15) is 0 Å². The van der Waals surface area contributed by atoms with Gasteiger partial charge in [0.15, 0.2) is 0 Å². The van der Waals surface area contributed by atoms with Crippen molar-refractivity contribution in [3.8, 4) is 11.8 Å². The minimum absolute atomic E-state index is 0.228. The predicted octanol–water partition coefficient (Wildman–Crippen LogP) is -0.263. The van der Waals surface area contributed by atoms with E-state index in [4.69, 9.17) is 10.8 Å². The summed E-state index contributed by atoms with van der Waals surface area (Å²) in [6, 6.07) is 4.51. The van der Waals surface area contributed by atoms with Crippen LogP contribution >= 0.6 is 0 Å². The van der Waals surface area contributed by atoms with Crippen molar-refractivity contribution in [1.29, 1.82) is 0 Å². The molecule has 1 rings (SSSR count). The van der Waals surface area contributed by atoms with Crippen LogP contribution in [0, 0.1) is 18.8 Å². The molecule has 3 amide bonds. The van der Waals surface area contributed by atoms with Gasteiger partial charge in [0.2, 0.25) is 0 Å². The smallest absolute Gasteiger partial charge is 0.312 e. The first-order valence-corrected chi connectivity index (χ1v) is 6.06. The number of carbonyl (C=O) groups excluding carboxylic acids is 2. The summed E-state index contributed by atoms with van der Waals surface area (Å²) in [6.07, 6.45) is 0. The molecule has 0 aliphatic heterocycles. The number of hydrogen-bond acceptors (Lipinski definition) is 3. The average molecular weight is 275 g/mol. The van der Waals surface area contributed by atoms with Crippen molar-refractivity contribution in [2.24, 2.45) is 5.73 Å². The number of nitrogens with one attached hydrogen (secondary N) is 2. The molecular weight excluding hydrogens is 258 g/mol. The van der Waals surface area contributed by atoms with Crippen LogP contribution in [0.3, 0.4) is 0 Å². The summed E-state index contributed by atoms with van der Waals surface area (Å²) in [5.41, 5.74) is 7.00. The highest BCUT2D eigenvalue weighted by Crippen LogP contribution is 2.10. The van der Waals surface area contributed by atoms with E-state index >= 15 is 0 Å². The molecule has 1 aromatic carbocycles. The fourth-order valence-electron chi connectivity index (χ4n) is 1.50. The first-order valence-electron chi connectivity index (χ1n) is 6.06. The molecule has 0 atom stereocenters. The Balaban J connectivity index is 2.66. The molecule has 0 fully saturated rings. The normalized spacial score (nSPS) is 9.30. The van der Waals surface area contributed by atoms with Crippen LogP contribution < -0.4 is 16.4 Å². The van der Waals surface area contributed by atoms with E-state index in [0.29, 0.717) is 11.1 Å². The fourth-order valence-corrected chi connectivity index (χ4v) is 1.50. The molecule has 0 spiro atoms. The van der Waals surface area contributed by atoms with Crippen LogP contribution in [-0.4, -0.2) is 36.7 Å². The molecule has 20 heavy (non-hydrogen) atoms. The van der Waals surface area contributed by atoms with Crippen molar-refractivity contribution >= 4 is 11.9 Å². The summed E-state index contributed by atoms with van der Waals surface area (Å²) in [6.45, 7) is 2.20. The Kier molecular flexibility index (Phi) is 6.07. The van der Waals surface area contributed by atoms with Crippen LogP contribution in [0.2, 0.25) is 0 Å². The Hall–Kier alpha value is -2.52. The maximum atomic E-state index is 11.9. The quantitative estimate of drug-likeness (QED) is 0.449. The maximum Gasteiger partial charge on any atom is 0.312 e. The number of rotatable bonds is 4. The van der Waals surface area contributed by atoms with Crippen LogP contribution in [0.25, 0.3) is 0 Å². The molecule has 0 aromatic heterocycles. The zero-order valence-electron chi connectivity index (χ0n) is 11.2.